The maximum Gasteiger partial charge on any atom is 0.153 e. The highest BCUT2D eigenvalue weighted by Gasteiger charge is 2.53. The molecule has 0 saturated carbocycles. The summed E-state index contributed by atoms with van der Waals surface area (Å²) in [7, 11) is 1.66. The molecule has 0 unspecified atom stereocenters. The highest BCUT2D eigenvalue weighted by atomic mass is 16.5. The Morgan fingerprint density at radius 3 is 2.64 bits per heavy atom. The van der Waals surface area contributed by atoms with Crippen molar-refractivity contribution < 1.29 is 9.84 Å². The van der Waals surface area contributed by atoms with Crippen LogP contribution in [0.2, 0.25) is 0 Å². The van der Waals surface area contributed by atoms with Gasteiger partial charge in [0.25, 0.3) is 0 Å². The molecule has 4 aliphatic rings. The van der Waals surface area contributed by atoms with E-state index in [1.165, 1.54) is 31.5 Å². The zero-order chi connectivity index (χ0) is 19.1. The van der Waals surface area contributed by atoms with Crippen LogP contribution in [-0.2, 0) is 17.9 Å². The molecule has 28 heavy (non-hydrogen) atoms. The summed E-state index contributed by atoms with van der Waals surface area (Å²) in [6.07, 6.45) is 6.49. The number of benzene rings is 1. The SMILES string of the molecule is COCc1ncc(CN2C[C@H](c3cccc(O)c3)[C@H]3[C@@H]2C2CCN3CC2)cn1. The number of fused-ring (bicyclic) bond motifs is 2. The minimum Gasteiger partial charge on any atom is -0.508 e. The van der Waals surface area contributed by atoms with Gasteiger partial charge in [-0.15, -0.1) is 0 Å². The second kappa shape index (κ2) is 7.43. The molecular weight excluding hydrogens is 352 g/mol. The van der Waals surface area contributed by atoms with Crippen LogP contribution in [0.1, 0.15) is 35.7 Å². The summed E-state index contributed by atoms with van der Waals surface area (Å²) >= 11 is 0. The first kappa shape index (κ1) is 18.0. The average molecular weight is 380 g/mol. The fraction of sp³-hybridized carbons (Fsp3) is 0.545. The van der Waals surface area contributed by atoms with Crippen LogP contribution in [0.3, 0.4) is 0 Å². The monoisotopic (exact) mass is 380 g/mol. The number of piperidine rings is 3. The van der Waals surface area contributed by atoms with Crippen LogP contribution >= 0.6 is 0 Å². The summed E-state index contributed by atoms with van der Waals surface area (Å²) in [5.74, 6) is 2.30. The van der Waals surface area contributed by atoms with Crippen molar-refractivity contribution in [1.29, 1.82) is 0 Å². The van der Waals surface area contributed by atoms with E-state index in [0.29, 0.717) is 30.4 Å². The Morgan fingerprint density at radius 2 is 1.93 bits per heavy atom. The van der Waals surface area contributed by atoms with Crippen LogP contribution in [0.25, 0.3) is 0 Å². The molecule has 0 spiro atoms. The number of nitrogens with zero attached hydrogens (tertiary/aromatic N) is 4. The van der Waals surface area contributed by atoms with Crippen LogP contribution in [0.4, 0.5) is 0 Å². The number of phenolic OH excluding ortho intramolecular Hbond substituents is 1. The minimum absolute atomic E-state index is 0.366. The molecule has 0 amide bonds. The lowest BCUT2D eigenvalue weighted by molar-refractivity contribution is -0.00875. The molecule has 2 aromatic rings. The van der Waals surface area contributed by atoms with Gasteiger partial charge >= 0.3 is 0 Å². The van der Waals surface area contributed by atoms with Crippen molar-refractivity contribution in [2.24, 2.45) is 5.92 Å². The van der Waals surface area contributed by atoms with Gasteiger partial charge in [0.15, 0.2) is 5.82 Å². The van der Waals surface area contributed by atoms with E-state index >= 15 is 0 Å². The Balaban J connectivity index is 1.41. The quantitative estimate of drug-likeness (QED) is 0.859. The molecule has 4 aliphatic heterocycles. The maximum atomic E-state index is 10.0. The van der Waals surface area contributed by atoms with Crippen molar-refractivity contribution in [3.63, 3.8) is 0 Å². The second-order valence-electron chi connectivity index (χ2n) is 8.43. The van der Waals surface area contributed by atoms with Crippen molar-refractivity contribution in [1.82, 2.24) is 19.8 Å². The molecule has 1 aromatic carbocycles. The molecule has 2 bridgehead atoms. The van der Waals surface area contributed by atoms with E-state index in [1.807, 2.05) is 24.5 Å². The normalized spacial score (nSPS) is 31.8. The molecule has 6 rings (SSSR count). The summed E-state index contributed by atoms with van der Waals surface area (Å²) in [5.41, 5.74) is 2.42. The highest BCUT2D eigenvalue weighted by molar-refractivity contribution is 5.33. The number of phenols is 1. The number of hydrogen-bond donors (Lipinski definition) is 1. The fourth-order valence-corrected chi connectivity index (χ4v) is 5.67. The molecule has 3 atom stereocenters. The Labute approximate surface area is 166 Å². The van der Waals surface area contributed by atoms with E-state index in [9.17, 15) is 5.11 Å². The zero-order valence-corrected chi connectivity index (χ0v) is 16.4. The molecule has 4 saturated heterocycles. The Kier molecular flexibility index (Phi) is 4.78. The standard InChI is InChI=1S/C22H28N4O2/c1-28-14-20-23-10-15(11-24-20)12-26-13-19(17-3-2-4-18(27)9-17)22-21(26)16-5-7-25(22)8-6-16/h2-4,9-11,16,19,21-22,27H,5-8,12-14H2,1H3/t19-,21+,22+/m1/s1. The lowest BCUT2D eigenvalue weighted by Gasteiger charge is -2.51. The molecular formula is C22H28N4O2. The van der Waals surface area contributed by atoms with E-state index in [4.69, 9.17) is 4.74 Å². The molecule has 148 valence electrons. The summed E-state index contributed by atoms with van der Waals surface area (Å²) in [6.45, 7) is 4.78. The number of likely N-dealkylation sites (tertiary alicyclic amines) is 1. The lowest BCUT2D eigenvalue weighted by atomic mass is 9.75. The van der Waals surface area contributed by atoms with Crippen LogP contribution in [0.5, 0.6) is 5.75 Å². The third kappa shape index (κ3) is 3.19. The van der Waals surface area contributed by atoms with Gasteiger partial charge in [0, 0.05) is 56.2 Å². The van der Waals surface area contributed by atoms with Crippen molar-refractivity contribution in [3.8, 4) is 5.75 Å². The second-order valence-corrected chi connectivity index (χ2v) is 8.43. The molecule has 1 aromatic heterocycles. The Hall–Kier alpha value is -2.02. The number of ether oxygens (including phenoxy) is 1. The molecule has 1 N–H and O–H groups in total. The summed E-state index contributed by atoms with van der Waals surface area (Å²) in [6, 6.07) is 8.99. The molecule has 0 aliphatic carbocycles. The summed E-state index contributed by atoms with van der Waals surface area (Å²) in [5, 5.41) is 10.0. The van der Waals surface area contributed by atoms with Crippen molar-refractivity contribution >= 4 is 0 Å². The van der Waals surface area contributed by atoms with Crippen molar-refractivity contribution in [3.05, 3.63) is 53.6 Å². The lowest BCUT2D eigenvalue weighted by Crippen LogP contribution is -2.59. The van der Waals surface area contributed by atoms with Crippen molar-refractivity contribution in [2.45, 2.75) is 44.0 Å². The Bertz CT molecular complexity index is 820. The first-order valence-corrected chi connectivity index (χ1v) is 10.3. The number of aromatic hydroxyl groups is 1. The van der Waals surface area contributed by atoms with Crippen LogP contribution < -0.4 is 0 Å². The number of hydrogen-bond acceptors (Lipinski definition) is 6. The minimum atomic E-state index is 0.366. The highest BCUT2D eigenvalue weighted by Crippen LogP contribution is 2.47. The summed E-state index contributed by atoms with van der Waals surface area (Å²) < 4.78 is 5.12. The van der Waals surface area contributed by atoms with Gasteiger partial charge < -0.3 is 9.84 Å². The first-order chi connectivity index (χ1) is 13.7. The number of methoxy groups -OCH3 is 1. The van der Waals surface area contributed by atoms with Gasteiger partial charge in [-0.25, -0.2) is 9.97 Å². The van der Waals surface area contributed by atoms with E-state index in [0.717, 1.165) is 30.4 Å². The van der Waals surface area contributed by atoms with Crippen molar-refractivity contribution in [2.75, 3.05) is 26.7 Å². The summed E-state index contributed by atoms with van der Waals surface area (Å²) in [4.78, 5) is 14.2. The van der Waals surface area contributed by atoms with Gasteiger partial charge in [-0.2, -0.15) is 0 Å². The number of rotatable bonds is 5. The van der Waals surface area contributed by atoms with E-state index in [1.54, 1.807) is 13.2 Å². The van der Waals surface area contributed by atoms with Gasteiger partial charge in [-0.3, -0.25) is 9.80 Å². The molecule has 5 heterocycles. The third-order valence-corrected chi connectivity index (χ3v) is 6.81. The first-order valence-electron chi connectivity index (χ1n) is 10.3. The topological polar surface area (TPSA) is 61.7 Å². The maximum absolute atomic E-state index is 10.0. The van der Waals surface area contributed by atoms with E-state index < -0.39 is 0 Å². The number of aromatic nitrogens is 2. The van der Waals surface area contributed by atoms with Gasteiger partial charge in [0.1, 0.15) is 12.4 Å². The van der Waals surface area contributed by atoms with Crippen LogP contribution in [0.15, 0.2) is 36.7 Å². The van der Waals surface area contributed by atoms with E-state index in [-0.39, 0.29) is 0 Å². The van der Waals surface area contributed by atoms with Crippen LogP contribution in [0, 0.1) is 5.92 Å². The predicted octanol–water partition coefficient (Wildman–Crippen LogP) is 2.39. The molecule has 6 heteroatoms. The average Bonchev–Trinajstić information content (AvgIpc) is 3.12. The Morgan fingerprint density at radius 1 is 1.14 bits per heavy atom. The van der Waals surface area contributed by atoms with E-state index in [2.05, 4.69) is 25.8 Å². The third-order valence-electron chi connectivity index (χ3n) is 6.81. The smallest absolute Gasteiger partial charge is 0.153 e. The fourth-order valence-electron chi connectivity index (χ4n) is 5.67. The van der Waals surface area contributed by atoms with Gasteiger partial charge in [0.05, 0.1) is 0 Å². The predicted molar refractivity (Wildman–Crippen MR) is 106 cm³/mol. The van der Waals surface area contributed by atoms with Gasteiger partial charge in [-0.1, -0.05) is 12.1 Å². The molecule has 4 fully saturated rings. The molecule has 0 radical (unpaired) electrons. The zero-order valence-electron chi connectivity index (χ0n) is 16.4. The van der Waals surface area contributed by atoms with Gasteiger partial charge in [0.2, 0.25) is 0 Å². The van der Waals surface area contributed by atoms with Gasteiger partial charge in [-0.05, 0) is 49.5 Å². The van der Waals surface area contributed by atoms with Crippen LogP contribution in [-0.4, -0.2) is 63.7 Å². The largest absolute Gasteiger partial charge is 0.508 e. The molecule has 6 nitrogen and oxygen atoms in total.